The normalized spacial score (nSPS) is 16.1. The topological polar surface area (TPSA) is 71.3 Å². The average Bonchev–Trinajstić information content (AvgIpc) is 2.74. The summed E-state index contributed by atoms with van der Waals surface area (Å²) in [6.07, 6.45) is -1.08. The van der Waals surface area contributed by atoms with Gasteiger partial charge in [0.25, 0.3) is 0 Å². The zero-order valence-electron chi connectivity index (χ0n) is 18.1. The number of carbonyl (C=O) groups excluding carboxylic acids is 1. The van der Waals surface area contributed by atoms with E-state index in [1.807, 2.05) is 56.3 Å². The van der Waals surface area contributed by atoms with Crippen LogP contribution < -0.4 is 5.32 Å². The highest BCUT2D eigenvalue weighted by molar-refractivity contribution is 7.98. The van der Waals surface area contributed by atoms with Crippen molar-refractivity contribution in [3.63, 3.8) is 0 Å². The molecule has 2 aromatic rings. The molecule has 0 bridgehead atoms. The van der Waals surface area contributed by atoms with Gasteiger partial charge in [-0.2, -0.15) is 5.26 Å². The van der Waals surface area contributed by atoms with E-state index in [2.05, 4.69) is 23.5 Å². The maximum absolute atomic E-state index is 12.3. The number of thioether (sulfide) groups is 1. The van der Waals surface area contributed by atoms with E-state index >= 15 is 0 Å². The molecule has 0 saturated heterocycles. The van der Waals surface area contributed by atoms with Gasteiger partial charge in [0.1, 0.15) is 5.76 Å². The van der Waals surface area contributed by atoms with Crippen molar-refractivity contribution in [1.29, 1.82) is 5.26 Å². The lowest BCUT2D eigenvalue weighted by molar-refractivity contribution is 0.0499. The molecule has 1 atom stereocenters. The number of rotatable bonds is 6. The zero-order valence-corrected chi connectivity index (χ0v) is 19.0. The van der Waals surface area contributed by atoms with E-state index < -0.39 is 12.1 Å². The highest BCUT2D eigenvalue weighted by Crippen LogP contribution is 2.42. The van der Waals surface area contributed by atoms with Crippen LogP contribution in [0.3, 0.4) is 0 Å². The van der Waals surface area contributed by atoms with Gasteiger partial charge in [0.15, 0.2) is 0 Å². The molecule has 1 aliphatic rings. The number of nitriles is 1. The molecular weight excluding hydrogens is 408 g/mol. The van der Waals surface area contributed by atoms with Crippen molar-refractivity contribution in [2.24, 2.45) is 0 Å². The van der Waals surface area contributed by atoms with Gasteiger partial charge in [0.05, 0.1) is 29.4 Å². The molecular formula is C25H26N2O3S. The summed E-state index contributed by atoms with van der Waals surface area (Å²) in [5.41, 5.74) is 4.09. The highest BCUT2D eigenvalue weighted by Gasteiger charge is 2.34. The van der Waals surface area contributed by atoms with Gasteiger partial charge in [0, 0.05) is 16.3 Å². The van der Waals surface area contributed by atoms with E-state index in [1.165, 1.54) is 5.56 Å². The predicted molar refractivity (Wildman–Crippen MR) is 122 cm³/mol. The lowest BCUT2D eigenvalue weighted by atomic mass is 9.86. The maximum Gasteiger partial charge on any atom is 0.513 e. The van der Waals surface area contributed by atoms with Crippen LogP contribution in [-0.4, -0.2) is 12.3 Å². The van der Waals surface area contributed by atoms with Crippen LogP contribution in [0.15, 0.2) is 82.2 Å². The lowest BCUT2D eigenvalue weighted by Crippen LogP contribution is -2.27. The zero-order chi connectivity index (χ0) is 22.4. The first-order chi connectivity index (χ1) is 14.9. The molecule has 1 heterocycles. The predicted octanol–water partition coefficient (Wildman–Crippen LogP) is 6.26. The molecule has 0 aromatic heterocycles. The molecule has 1 aliphatic heterocycles. The number of dihydropyridines is 1. The van der Waals surface area contributed by atoms with Crippen molar-refractivity contribution in [2.75, 3.05) is 0 Å². The molecule has 5 nitrogen and oxygen atoms in total. The minimum Gasteiger partial charge on any atom is -0.431 e. The van der Waals surface area contributed by atoms with Crippen LogP contribution in [0.4, 0.5) is 4.79 Å². The SMILES string of the molecule is CC1=C(C#N)C(c2ccccc2SCc2ccccc2)C(OC(=O)OC(C)C)=C(C)N1. The Labute approximate surface area is 187 Å². The Bertz CT molecular complexity index is 1050. The van der Waals surface area contributed by atoms with Crippen molar-refractivity contribution in [1.82, 2.24) is 5.32 Å². The maximum atomic E-state index is 12.3. The first-order valence-electron chi connectivity index (χ1n) is 10.1. The minimum atomic E-state index is -0.776. The Balaban J connectivity index is 1.99. The molecule has 0 fully saturated rings. The van der Waals surface area contributed by atoms with Crippen molar-refractivity contribution in [2.45, 2.75) is 50.4 Å². The van der Waals surface area contributed by atoms with Crippen LogP contribution in [0, 0.1) is 11.3 Å². The van der Waals surface area contributed by atoms with Crippen molar-refractivity contribution < 1.29 is 14.3 Å². The number of allylic oxidation sites excluding steroid dienone is 3. The van der Waals surface area contributed by atoms with Crippen molar-refractivity contribution in [3.05, 3.63) is 88.5 Å². The largest absolute Gasteiger partial charge is 0.513 e. The first kappa shape index (κ1) is 22.5. The molecule has 160 valence electrons. The van der Waals surface area contributed by atoms with Gasteiger partial charge in [-0.25, -0.2) is 4.79 Å². The van der Waals surface area contributed by atoms with E-state index in [1.54, 1.807) is 25.6 Å². The monoisotopic (exact) mass is 434 g/mol. The van der Waals surface area contributed by atoms with E-state index in [0.29, 0.717) is 17.0 Å². The van der Waals surface area contributed by atoms with Crippen LogP contribution in [0.2, 0.25) is 0 Å². The Morgan fingerprint density at radius 1 is 1.10 bits per heavy atom. The highest BCUT2D eigenvalue weighted by atomic mass is 32.2. The van der Waals surface area contributed by atoms with Gasteiger partial charge in [-0.1, -0.05) is 48.5 Å². The fourth-order valence-corrected chi connectivity index (χ4v) is 4.49. The van der Waals surface area contributed by atoms with E-state index in [-0.39, 0.29) is 6.10 Å². The van der Waals surface area contributed by atoms with Crippen LogP contribution in [0.1, 0.15) is 44.7 Å². The summed E-state index contributed by atoms with van der Waals surface area (Å²) in [4.78, 5) is 13.3. The third-order valence-electron chi connectivity index (χ3n) is 4.81. The Hall–Kier alpha value is -3.17. The van der Waals surface area contributed by atoms with Crippen molar-refractivity contribution >= 4 is 17.9 Å². The summed E-state index contributed by atoms with van der Waals surface area (Å²) >= 11 is 1.69. The molecule has 0 spiro atoms. The third kappa shape index (κ3) is 5.50. The summed E-state index contributed by atoms with van der Waals surface area (Å²) < 4.78 is 10.8. The molecule has 6 heteroatoms. The number of hydrogen-bond acceptors (Lipinski definition) is 6. The molecule has 0 aliphatic carbocycles. The number of nitrogens with one attached hydrogen (secondary N) is 1. The molecule has 1 unspecified atom stereocenters. The Kier molecular flexibility index (Phi) is 7.43. The van der Waals surface area contributed by atoms with Gasteiger partial charge in [-0.05, 0) is 44.9 Å². The quantitative estimate of drug-likeness (QED) is 0.428. The standard InChI is InChI=1S/C25H26N2O3S/c1-16(2)29-25(28)30-24-18(4)27-17(3)21(14-26)23(24)20-12-8-9-13-22(20)31-15-19-10-6-5-7-11-19/h5-13,16,23,27H,15H2,1-4H3. The van der Waals surface area contributed by atoms with Gasteiger partial charge >= 0.3 is 6.16 Å². The van der Waals surface area contributed by atoms with Crippen LogP contribution in [0.5, 0.6) is 0 Å². The van der Waals surface area contributed by atoms with Crippen molar-refractivity contribution in [3.8, 4) is 6.07 Å². The second kappa shape index (κ2) is 10.2. The fourth-order valence-electron chi connectivity index (χ4n) is 3.45. The van der Waals surface area contributed by atoms with Crippen LogP contribution in [-0.2, 0) is 15.2 Å². The number of hydrogen-bond donors (Lipinski definition) is 1. The average molecular weight is 435 g/mol. The van der Waals surface area contributed by atoms with Gasteiger partial charge < -0.3 is 14.8 Å². The summed E-state index contributed by atoms with van der Waals surface area (Å²) in [6, 6.07) is 20.5. The molecule has 0 saturated carbocycles. The van der Waals surface area contributed by atoms with Gasteiger partial charge in [0.2, 0.25) is 0 Å². The number of carbonyl (C=O) groups is 1. The minimum absolute atomic E-state index is 0.301. The Morgan fingerprint density at radius 2 is 1.77 bits per heavy atom. The summed E-state index contributed by atoms with van der Waals surface area (Å²) in [7, 11) is 0. The van der Waals surface area contributed by atoms with E-state index in [4.69, 9.17) is 9.47 Å². The van der Waals surface area contributed by atoms with E-state index in [9.17, 15) is 10.1 Å². The Morgan fingerprint density at radius 3 is 2.45 bits per heavy atom. The third-order valence-corrected chi connectivity index (χ3v) is 5.97. The first-order valence-corrected chi connectivity index (χ1v) is 11.1. The number of ether oxygens (including phenoxy) is 2. The smallest absolute Gasteiger partial charge is 0.431 e. The number of nitrogens with zero attached hydrogens (tertiary/aromatic N) is 1. The summed E-state index contributed by atoms with van der Waals surface area (Å²) in [5, 5.41) is 13.1. The lowest BCUT2D eigenvalue weighted by Gasteiger charge is -2.29. The molecule has 0 amide bonds. The molecule has 0 radical (unpaired) electrons. The molecule has 31 heavy (non-hydrogen) atoms. The second-order valence-corrected chi connectivity index (χ2v) is 8.55. The number of benzene rings is 2. The molecule has 1 N–H and O–H groups in total. The van der Waals surface area contributed by atoms with E-state index in [0.717, 1.165) is 21.9 Å². The van der Waals surface area contributed by atoms with Crippen LogP contribution in [0.25, 0.3) is 0 Å². The van der Waals surface area contributed by atoms with Crippen LogP contribution >= 0.6 is 11.8 Å². The van der Waals surface area contributed by atoms with Gasteiger partial charge in [-0.3, -0.25) is 0 Å². The second-order valence-electron chi connectivity index (χ2n) is 7.53. The molecule has 2 aromatic carbocycles. The fraction of sp³-hybridized carbons (Fsp3) is 0.280. The summed E-state index contributed by atoms with van der Waals surface area (Å²) in [6.45, 7) is 7.22. The summed E-state index contributed by atoms with van der Waals surface area (Å²) in [5.74, 6) is 0.688. The van der Waals surface area contributed by atoms with Gasteiger partial charge in [-0.15, -0.1) is 11.8 Å². The molecule has 3 rings (SSSR count).